The van der Waals surface area contributed by atoms with Gasteiger partial charge in [0.2, 0.25) is 0 Å². The molecule has 0 amide bonds. The fraction of sp³-hybridized carbons (Fsp3) is 0.125. The zero-order valence-electron chi connectivity index (χ0n) is 16.8. The summed E-state index contributed by atoms with van der Waals surface area (Å²) in [7, 11) is 0. The third-order valence-electron chi connectivity index (χ3n) is 4.97. The molecule has 0 saturated carbocycles. The number of pyridine rings is 1. The van der Waals surface area contributed by atoms with Crippen molar-refractivity contribution in [3.63, 3.8) is 0 Å². The van der Waals surface area contributed by atoms with E-state index in [9.17, 15) is 9.90 Å². The Morgan fingerprint density at radius 1 is 1.07 bits per heavy atom. The largest absolute Gasteiger partial charge is 0.478 e. The molecule has 0 bridgehead atoms. The fourth-order valence-electron chi connectivity index (χ4n) is 3.36. The second-order valence-corrected chi connectivity index (χ2v) is 6.96. The molecular weight excluding hydrogens is 376 g/mol. The number of rotatable bonds is 6. The maximum atomic E-state index is 11.6. The Kier molecular flexibility index (Phi) is 5.30. The van der Waals surface area contributed by atoms with E-state index in [2.05, 4.69) is 29.4 Å². The van der Waals surface area contributed by atoms with Gasteiger partial charge in [0.05, 0.1) is 28.3 Å². The Bertz CT molecular complexity index is 1210. The van der Waals surface area contributed by atoms with E-state index >= 15 is 0 Å². The van der Waals surface area contributed by atoms with Crippen molar-refractivity contribution in [3.8, 4) is 16.9 Å². The lowest BCUT2D eigenvalue weighted by atomic mass is 10.1. The standard InChI is InChI=1S/C24H22N4O2/c1-3-17-8-6-9-18(14-17)21-15-23(26-20-11-5-4-10-19(20)24(29)30)28(27-21)22-12-7-13-25-16(22)2/h4-15,26H,3H2,1-2H3,(H,29,30). The number of carboxylic acid groups (broad SMARTS) is 1. The van der Waals surface area contributed by atoms with Gasteiger partial charge in [0, 0.05) is 17.8 Å². The summed E-state index contributed by atoms with van der Waals surface area (Å²) < 4.78 is 1.77. The van der Waals surface area contributed by atoms with Gasteiger partial charge in [0.1, 0.15) is 5.82 Å². The number of para-hydroxylation sites is 1. The van der Waals surface area contributed by atoms with Crippen LogP contribution in [0, 0.1) is 6.92 Å². The topological polar surface area (TPSA) is 80.0 Å². The van der Waals surface area contributed by atoms with Crippen LogP contribution in [0.25, 0.3) is 16.9 Å². The third-order valence-corrected chi connectivity index (χ3v) is 4.97. The number of anilines is 2. The van der Waals surface area contributed by atoms with Gasteiger partial charge in [-0.3, -0.25) is 4.98 Å². The van der Waals surface area contributed by atoms with Gasteiger partial charge >= 0.3 is 5.97 Å². The highest BCUT2D eigenvalue weighted by atomic mass is 16.4. The van der Waals surface area contributed by atoms with E-state index in [0.717, 1.165) is 29.1 Å². The van der Waals surface area contributed by atoms with Gasteiger partial charge < -0.3 is 10.4 Å². The molecule has 0 radical (unpaired) electrons. The van der Waals surface area contributed by atoms with Gasteiger partial charge in [0.15, 0.2) is 0 Å². The molecule has 0 aliphatic heterocycles. The first-order chi connectivity index (χ1) is 14.6. The second-order valence-electron chi connectivity index (χ2n) is 6.96. The van der Waals surface area contributed by atoms with Gasteiger partial charge in [-0.2, -0.15) is 5.10 Å². The molecule has 0 spiro atoms. The summed E-state index contributed by atoms with van der Waals surface area (Å²) in [5.74, 6) is -0.325. The SMILES string of the molecule is CCc1cccc(-c2cc(Nc3ccccc3C(=O)O)n(-c3cccnc3C)n2)c1. The lowest BCUT2D eigenvalue weighted by Crippen LogP contribution is -2.07. The molecule has 150 valence electrons. The smallest absolute Gasteiger partial charge is 0.337 e. The van der Waals surface area contributed by atoms with Gasteiger partial charge in [-0.1, -0.05) is 37.3 Å². The maximum absolute atomic E-state index is 11.6. The van der Waals surface area contributed by atoms with Crippen LogP contribution < -0.4 is 5.32 Å². The molecule has 6 heteroatoms. The highest BCUT2D eigenvalue weighted by molar-refractivity contribution is 5.95. The highest BCUT2D eigenvalue weighted by Crippen LogP contribution is 2.29. The molecule has 30 heavy (non-hydrogen) atoms. The van der Waals surface area contributed by atoms with E-state index in [-0.39, 0.29) is 5.56 Å². The van der Waals surface area contributed by atoms with Crippen LogP contribution in [0.5, 0.6) is 0 Å². The fourth-order valence-corrected chi connectivity index (χ4v) is 3.36. The molecule has 2 heterocycles. The van der Waals surface area contributed by atoms with E-state index < -0.39 is 5.97 Å². The first-order valence-electron chi connectivity index (χ1n) is 9.77. The lowest BCUT2D eigenvalue weighted by Gasteiger charge is -2.12. The zero-order chi connectivity index (χ0) is 21.1. The molecule has 4 rings (SSSR count). The zero-order valence-corrected chi connectivity index (χ0v) is 16.8. The number of carbonyl (C=O) groups is 1. The quantitative estimate of drug-likeness (QED) is 0.464. The number of hydrogen-bond donors (Lipinski definition) is 2. The first kappa shape index (κ1) is 19.4. The van der Waals surface area contributed by atoms with Crippen LogP contribution in [0.1, 0.15) is 28.5 Å². The van der Waals surface area contributed by atoms with Crippen molar-refractivity contribution < 1.29 is 9.90 Å². The van der Waals surface area contributed by atoms with Crippen molar-refractivity contribution in [2.75, 3.05) is 5.32 Å². The van der Waals surface area contributed by atoms with Gasteiger partial charge in [-0.05, 0) is 49.2 Å². The molecule has 2 aromatic carbocycles. The number of carboxylic acids is 1. The summed E-state index contributed by atoms with van der Waals surface area (Å²) in [5, 5.41) is 17.6. The van der Waals surface area contributed by atoms with Crippen LogP contribution in [-0.2, 0) is 6.42 Å². The molecular formula is C24H22N4O2. The van der Waals surface area contributed by atoms with Crippen LogP contribution in [0.2, 0.25) is 0 Å². The summed E-state index contributed by atoms with van der Waals surface area (Å²) in [4.78, 5) is 16.0. The minimum Gasteiger partial charge on any atom is -0.478 e. The number of nitrogens with zero attached hydrogens (tertiary/aromatic N) is 3. The molecule has 0 aliphatic rings. The van der Waals surface area contributed by atoms with E-state index in [4.69, 9.17) is 5.10 Å². The molecule has 4 aromatic rings. The molecule has 0 unspecified atom stereocenters. The third kappa shape index (κ3) is 3.80. The summed E-state index contributed by atoms with van der Waals surface area (Å²) in [6.45, 7) is 4.04. The van der Waals surface area contributed by atoms with Gasteiger partial charge in [-0.25, -0.2) is 9.48 Å². The van der Waals surface area contributed by atoms with Crippen LogP contribution in [0.4, 0.5) is 11.5 Å². The van der Waals surface area contributed by atoms with Crippen molar-refractivity contribution in [2.24, 2.45) is 0 Å². The first-order valence-corrected chi connectivity index (χ1v) is 9.77. The number of nitrogens with one attached hydrogen (secondary N) is 1. The average molecular weight is 398 g/mol. The summed E-state index contributed by atoms with van der Waals surface area (Å²) in [6, 6.07) is 20.8. The van der Waals surface area contributed by atoms with Crippen molar-refractivity contribution in [1.82, 2.24) is 14.8 Å². The monoisotopic (exact) mass is 398 g/mol. The highest BCUT2D eigenvalue weighted by Gasteiger charge is 2.16. The molecule has 2 N–H and O–H groups in total. The number of aromatic carboxylic acids is 1. The molecule has 2 aromatic heterocycles. The predicted octanol–water partition coefficient (Wildman–Crippen LogP) is 5.25. The van der Waals surface area contributed by atoms with Crippen LogP contribution in [0.15, 0.2) is 72.9 Å². The molecule has 0 atom stereocenters. The minimum absolute atomic E-state index is 0.197. The number of hydrogen-bond acceptors (Lipinski definition) is 4. The molecule has 0 saturated heterocycles. The molecule has 0 fully saturated rings. The Hall–Kier alpha value is -3.93. The van der Waals surface area contributed by atoms with E-state index in [1.165, 1.54) is 5.56 Å². The van der Waals surface area contributed by atoms with E-state index in [0.29, 0.717) is 11.5 Å². The summed E-state index contributed by atoms with van der Waals surface area (Å²) in [6.07, 6.45) is 2.67. The minimum atomic E-state index is -0.988. The van der Waals surface area contributed by atoms with Crippen molar-refractivity contribution in [1.29, 1.82) is 0 Å². The van der Waals surface area contributed by atoms with Crippen LogP contribution in [-0.4, -0.2) is 25.8 Å². The Morgan fingerprint density at radius 3 is 2.67 bits per heavy atom. The normalized spacial score (nSPS) is 10.7. The Balaban J connectivity index is 1.85. The Labute approximate surface area is 174 Å². The van der Waals surface area contributed by atoms with E-state index in [1.807, 2.05) is 37.3 Å². The number of aromatic nitrogens is 3. The summed E-state index contributed by atoms with van der Waals surface area (Å²) in [5.41, 5.74) is 5.37. The second kappa shape index (κ2) is 8.21. The van der Waals surface area contributed by atoms with Gasteiger partial charge in [-0.15, -0.1) is 0 Å². The number of benzene rings is 2. The van der Waals surface area contributed by atoms with Crippen molar-refractivity contribution in [2.45, 2.75) is 20.3 Å². The average Bonchev–Trinajstić information content (AvgIpc) is 3.18. The lowest BCUT2D eigenvalue weighted by molar-refractivity contribution is 0.0698. The Morgan fingerprint density at radius 2 is 1.90 bits per heavy atom. The molecule has 0 aliphatic carbocycles. The van der Waals surface area contributed by atoms with Gasteiger partial charge in [0.25, 0.3) is 0 Å². The number of aryl methyl sites for hydroxylation is 2. The van der Waals surface area contributed by atoms with Crippen molar-refractivity contribution >= 4 is 17.5 Å². The predicted molar refractivity (Wildman–Crippen MR) is 118 cm³/mol. The van der Waals surface area contributed by atoms with E-state index in [1.54, 1.807) is 35.1 Å². The van der Waals surface area contributed by atoms with Crippen molar-refractivity contribution in [3.05, 3.63) is 89.7 Å². The van der Waals surface area contributed by atoms with Crippen LogP contribution in [0.3, 0.4) is 0 Å². The summed E-state index contributed by atoms with van der Waals surface area (Å²) >= 11 is 0. The maximum Gasteiger partial charge on any atom is 0.337 e. The molecule has 6 nitrogen and oxygen atoms in total. The van der Waals surface area contributed by atoms with Crippen LogP contribution >= 0.6 is 0 Å².